The van der Waals surface area contributed by atoms with Crippen LogP contribution < -0.4 is 5.73 Å². The van der Waals surface area contributed by atoms with Crippen molar-refractivity contribution in [1.29, 1.82) is 0 Å². The third-order valence-corrected chi connectivity index (χ3v) is 1.90. The summed E-state index contributed by atoms with van der Waals surface area (Å²) in [5, 5.41) is 8.15. The quantitative estimate of drug-likeness (QED) is 0.612. The highest BCUT2D eigenvalue weighted by Crippen LogP contribution is 2.04. The Morgan fingerprint density at radius 3 is 2.58 bits per heavy atom. The van der Waals surface area contributed by atoms with Gasteiger partial charge in [-0.3, -0.25) is 4.79 Å². The van der Waals surface area contributed by atoms with E-state index < -0.39 is 18.5 Å². The molecule has 3 N–H and O–H groups in total. The number of carbonyl (C=O) groups excluding carboxylic acids is 1. The second kappa shape index (κ2) is 5.78. The highest BCUT2D eigenvalue weighted by atomic mass is 32.2. The maximum atomic E-state index is 10.2. The number of amides is 1. The van der Waals surface area contributed by atoms with E-state index >= 15 is 0 Å². The van der Waals surface area contributed by atoms with Gasteiger partial charge in [-0.05, 0) is 12.2 Å². The molecule has 68 valence electrons. The first kappa shape index (κ1) is 11.2. The first-order valence-electron chi connectivity index (χ1n) is 2.82. The van der Waals surface area contributed by atoms with Crippen molar-refractivity contribution in [3.63, 3.8) is 0 Å². The van der Waals surface area contributed by atoms with E-state index in [9.17, 15) is 9.59 Å². The number of ether oxygens (including phenoxy) is 1. The number of rotatable bonds is 4. The van der Waals surface area contributed by atoms with Gasteiger partial charge in [0.15, 0.2) is 6.61 Å². The van der Waals surface area contributed by atoms with Crippen LogP contribution in [0.5, 0.6) is 0 Å². The molecule has 0 aromatic carbocycles. The molecule has 5 nitrogen and oxygen atoms in total. The fourth-order valence-electron chi connectivity index (χ4n) is 0.292. The van der Waals surface area contributed by atoms with E-state index in [4.69, 9.17) is 10.8 Å². The number of hydrogen-bond donors (Lipinski definition) is 2. The summed E-state index contributed by atoms with van der Waals surface area (Å²) in [6.07, 6.45) is 0. The van der Waals surface area contributed by atoms with Crippen LogP contribution in [-0.2, 0) is 14.3 Å². The van der Waals surface area contributed by atoms with E-state index in [1.165, 1.54) is 0 Å². The van der Waals surface area contributed by atoms with Crippen molar-refractivity contribution in [3.05, 3.63) is 0 Å². The van der Waals surface area contributed by atoms with E-state index in [1.807, 2.05) is 0 Å². The topological polar surface area (TPSA) is 89.6 Å². The molecule has 7 heteroatoms. The summed E-state index contributed by atoms with van der Waals surface area (Å²) >= 11 is 5.46. The van der Waals surface area contributed by atoms with E-state index in [1.54, 1.807) is 0 Å². The molecule has 0 aliphatic rings. The number of thioether (sulfide) groups is 1. The van der Waals surface area contributed by atoms with Crippen molar-refractivity contribution in [2.45, 2.75) is 0 Å². The van der Waals surface area contributed by atoms with Gasteiger partial charge in [0.25, 0.3) is 0 Å². The number of aliphatic carboxylic acids is 1. The Morgan fingerprint density at radius 1 is 1.58 bits per heavy atom. The predicted molar refractivity (Wildman–Crippen MR) is 47.8 cm³/mol. The Balaban J connectivity index is 3.47. The van der Waals surface area contributed by atoms with Crippen LogP contribution in [0.15, 0.2) is 0 Å². The molecule has 0 saturated carbocycles. The van der Waals surface area contributed by atoms with Crippen LogP contribution in [0, 0.1) is 0 Å². The number of carboxylic acids is 1. The van der Waals surface area contributed by atoms with Crippen LogP contribution in [0.25, 0.3) is 0 Å². The molecule has 0 saturated heterocycles. The van der Waals surface area contributed by atoms with Crippen molar-refractivity contribution < 1.29 is 19.4 Å². The van der Waals surface area contributed by atoms with Gasteiger partial charge in [-0.25, -0.2) is 4.79 Å². The summed E-state index contributed by atoms with van der Waals surface area (Å²) in [6.45, 7) is -0.495. The summed E-state index contributed by atoms with van der Waals surface area (Å²) < 4.78 is 4.55. The molecule has 0 unspecified atom stereocenters. The van der Waals surface area contributed by atoms with Crippen LogP contribution >= 0.6 is 24.0 Å². The van der Waals surface area contributed by atoms with Gasteiger partial charge in [0.2, 0.25) is 10.3 Å². The van der Waals surface area contributed by atoms with Gasteiger partial charge in [0.05, 0.1) is 5.75 Å². The van der Waals surface area contributed by atoms with Gasteiger partial charge < -0.3 is 15.6 Å². The molecule has 0 aromatic rings. The lowest BCUT2D eigenvalue weighted by Gasteiger charge is -2.01. The van der Waals surface area contributed by atoms with Crippen LogP contribution in [0.4, 0.5) is 0 Å². The van der Waals surface area contributed by atoms with Gasteiger partial charge in [-0.15, -0.1) is 0 Å². The standard InChI is InChI=1S/C5H7NO4S2/c6-3(7)2-12-5(11)10-1-4(8)9/h1-2H2,(H2,6,7)(H,8,9). The van der Waals surface area contributed by atoms with Crippen molar-refractivity contribution in [2.75, 3.05) is 12.4 Å². The average molecular weight is 209 g/mol. The van der Waals surface area contributed by atoms with Gasteiger partial charge in [0, 0.05) is 0 Å². The summed E-state index contributed by atoms with van der Waals surface area (Å²) in [6, 6.07) is 0. The number of nitrogens with two attached hydrogens (primary N) is 1. The van der Waals surface area contributed by atoms with Crippen LogP contribution in [0.3, 0.4) is 0 Å². The lowest BCUT2D eigenvalue weighted by Crippen LogP contribution is -2.16. The number of hydrogen-bond acceptors (Lipinski definition) is 5. The van der Waals surface area contributed by atoms with Gasteiger partial charge in [-0.1, -0.05) is 11.8 Å². The Hall–Kier alpha value is -0.820. The minimum absolute atomic E-state index is 0.00154. The molecule has 12 heavy (non-hydrogen) atoms. The highest BCUT2D eigenvalue weighted by molar-refractivity contribution is 8.23. The monoisotopic (exact) mass is 209 g/mol. The Bertz CT molecular complexity index is 186. The number of primary amides is 1. The predicted octanol–water partition coefficient (Wildman–Crippen LogP) is -0.409. The molecule has 1 amide bonds. The molecule has 0 bridgehead atoms. The van der Waals surface area contributed by atoms with Crippen LogP contribution in [-0.4, -0.2) is 33.7 Å². The molecule has 0 rings (SSSR count). The first-order valence-corrected chi connectivity index (χ1v) is 4.21. The maximum Gasteiger partial charge on any atom is 0.341 e. The Kier molecular flexibility index (Phi) is 5.39. The molecule has 0 aliphatic carbocycles. The number of carbonyl (C=O) groups is 2. The van der Waals surface area contributed by atoms with Crippen molar-refractivity contribution in [1.82, 2.24) is 0 Å². The Morgan fingerprint density at radius 2 is 2.17 bits per heavy atom. The average Bonchev–Trinajstić information content (AvgIpc) is 1.96. The second-order valence-electron chi connectivity index (χ2n) is 1.69. The van der Waals surface area contributed by atoms with Crippen molar-refractivity contribution in [2.24, 2.45) is 5.73 Å². The second-order valence-corrected chi connectivity index (χ2v) is 3.26. The third kappa shape index (κ3) is 7.29. The van der Waals surface area contributed by atoms with Crippen LogP contribution in [0.2, 0.25) is 0 Å². The zero-order valence-corrected chi connectivity index (χ0v) is 7.61. The SMILES string of the molecule is NC(=O)CSC(=S)OCC(=O)O. The molecule has 0 spiro atoms. The maximum absolute atomic E-state index is 10.2. The van der Waals surface area contributed by atoms with Crippen molar-refractivity contribution in [3.8, 4) is 0 Å². The summed E-state index contributed by atoms with van der Waals surface area (Å²) in [5.74, 6) is -1.64. The van der Waals surface area contributed by atoms with E-state index in [-0.39, 0.29) is 10.1 Å². The first-order chi connectivity index (χ1) is 5.52. The molecule has 0 heterocycles. The molecule has 0 aliphatic heterocycles. The minimum atomic E-state index is -1.11. The van der Waals surface area contributed by atoms with Crippen molar-refractivity contribution >= 4 is 40.2 Å². The molecule has 0 aromatic heterocycles. The lowest BCUT2D eigenvalue weighted by atomic mass is 10.8. The fourth-order valence-corrected chi connectivity index (χ4v) is 0.930. The summed E-state index contributed by atoms with van der Waals surface area (Å²) in [7, 11) is 0. The fraction of sp³-hybridized carbons (Fsp3) is 0.400. The van der Waals surface area contributed by atoms with Gasteiger partial charge >= 0.3 is 5.97 Å². The number of thiocarbonyl (C=S) groups is 1. The zero-order valence-electron chi connectivity index (χ0n) is 5.98. The minimum Gasteiger partial charge on any atom is -0.479 e. The molecule has 0 radical (unpaired) electrons. The largest absolute Gasteiger partial charge is 0.479 e. The third-order valence-electron chi connectivity index (χ3n) is 0.646. The van der Waals surface area contributed by atoms with E-state index in [0.717, 1.165) is 11.8 Å². The zero-order chi connectivity index (χ0) is 9.56. The Labute approximate surface area is 78.3 Å². The van der Waals surface area contributed by atoms with Gasteiger partial charge in [-0.2, -0.15) is 0 Å². The number of carboxylic acid groups (broad SMARTS) is 1. The smallest absolute Gasteiger partial charge is 0.341 e. The lowest BCUT2D eigenvalue weighted by molar-refractivity contribution is -0.139. The van der Waals surface area contributed by atoms with Crippen LogP contribution in [0.1, 0.15) is 0 Å². The normalized spacial score (nSPS) is 9.00. The van der Waals surface area contributed by atoms with Gasteiger partial charge in [0.1, 0.15) is 0 Å². The summed E-state index contributed by atoms with van der Waals surface area (Å²) in [5.41, 5.74) is 4.81. The highest BCUT2D eigenvalue weighted by Gasteiger charge is 2.04. The molecular weight excluding hydrogens is 202 g/mol. The summed E-state index contributed by atoms with van der Waals surface area (Å²) in [4.78, 5) is 20.2. The molecule has 0 fully saturated rings. The molecule has 0 atom stereocenters. The van der Waals surface area contributed by atoms with E-state index in [2.05, 4.69) is 17.0 Å². The van der Waals surface area contributed by atoms with E-state index in [0.29, 0.717) is 0 Å². The molecular formula is C5H7NO4S2.